The maximum absolute atomic E-state index is 11.9. The van der Waals surface area contributed by atoms with Gasteiger partial charge in [0.15, 0.2) is 6.29 Å². The van der Waals surface area contributed by atoms with Crippen molar-refractivity contribution >= 4 is 5.97 Å². The van der Waals surface area contributed by atoms with E-state index in [1.807, 2.05) is 25.1 Å². The zero-order chi connectivity index (χ0) is 16.1. The third-order valence-corrected chi connectivity index (χ3v) is 4.72. The van der Waals surface area contributed by atoms with Crippen LogP contribution >= 0.6 is 0 Å². The predicted molar refractivity (Wildman–Crippen MR) is 84.3 cm³/mol. The van der Waals surface area contributed by atoms with Gasteiger partial charge in [0.25, 0.3) is 0 Å². The summed E-state index contributed by atoms with van der Waals surface area (Å²) in [6, 6.07) is 10.3. The molecule has 0 N–H and O–H groups in total. The van der Waals surface area contributed by atoms with Crippen LogP contribution in [0.4, 0.5) is 0 Å². The van der Waals surface area contributed by atoms with E-state index >= 15 is 0 Å². The summed E-state index contributed by atoms with van der Waals surface area (Å²) in [4.78, 5) is 11.9. The number of ether oxygens (including phenoxy) is 3. The Morgan fingerprint density at radius 3 is 2.55 bits per heavy atom. The second-order valence-corrected chi connectivity index (χ2v) is 6.05. The quantitative estimate of drug-likeness (QED) is 0.758. The van der Waals surface area contributed by atoms with Crippen molar-refractivity contribution in [3.63, 3.8) is 0 Å². The minimum atomic E-state index is -0.252. The Morgan fingerprint density at radius 2 is 1.95 bits per heavy atom. The maximum Gasteiger partial charge on any atom is 0.308 e. The molecule has 122 valence electrons. The van der Waals surface area contributed by atoms with Crippen molar-refractivity contribution in [2.75, 3.05) is 14.2 Å². The van der Waals surface area contributed by atoms with E-state index in [9.17, 15) is 4.79 Å². The van der Waals surface area contributed by atoms with E-state index in [1.54, 1.807) is 7.11 Å². The Balaban J connectivity index is 2.07. The third kappa shape index (κ3) is 3.68. The molecule has 0 saturated carbocycles. The molecule has 4 heteroatoms. The highest BCUT2D eigenvalue weighted by molar-refractivity contribution is 5.72. The van der Waals surface area contributed by atoms with E-state index in [1.165, 1.54) is 12.7 Å². The van der Waals surface area contributed by atoms with Crippen molar-refractivity contribution in [2.45, 2.75) is 39.1 Å². The molecule has 4 nitrogen and oxygen atoms in total. The van der Waals surface area contributed by atoms with Gasteiger partial charge in [-0.1, -0.05) is 44.2 Å². The number of carbonyl (C=O) groups excluding carboxylic acids is 1. The second-order valence-electron chi connectivity index (χ2n) is 6.05. The summed E-state index contributed by atoms with van der Waals surface area (Å²) in [5, 5.41) is 0. The average molecular weight is 306 g/mol. The van der Waals surface area contributed by atoms with Crippen LogP contribution in [0.2, 0.25) is 0 Å². The van der Waals surface area contributed by atoms with E-state index in [4.69, 9.17) is 14.2 Å². The fourth-order valence-corrected chi connectivity index (χ4v) is 3.51. The van der Waals surface area contributed by atoms with Gasteiger partial charge >= 0.3 is 5.97 Å². The highest BCUT2D eigenvalue weighted by atomic mass is 16.7. The Bertz CT molecular complexity index is 473. The molecule has 0 aromatic heterocycles. The lowest BCUT2D eigenvalue weighted by Crippen LogP contribution is -2.32. The SMILES string of the molecule is COC(=O)[C@@H](C)[C@H]1[C@@H](C)[C@H](OC)O[C@@H]1CCc1ccccc1. The Morgan fingerprint density at radius 1 is 1.27 bits per heavy atom. The van der Waals surface area contributed by atoms with Gasteiger partial charge in [0.2, 0.25) is 0 Å². The average Bonchev–Trinajstić information content (AvgIpc) is 2.88. The minimum absolute atomic E-state index is 0.00857. The molecule has 1 fully saturated rings. The molecule has 0 bridgehead atoms. The number of esters is 1. The van der Waals surface area contributed by atoms with Gasteiger partial charge in [-0.3, -0.25) is 4.79 Å². The first kappa shape index (κ1) is 17.0. The highest BCUT2D eigenvalue weighted by Gasteiger charge is 2.46. The van der Waals surface area contributed by atoms with Crippen LogP contribution in [-0.4, -0.2) is 32.6 Å². The summed E-state index contributed by atoms with van der Waals surface area (Å²) in [5.74, 6) is -0.0937. The minimum Gasteiger partial charge on any atom is -0.469 e. The lowest BCUT2D eigenvalue weighted by molar-refractivity contribution is -0.148. The largest absolute Gasteiger partial charge is 0.469 e. The number of benzene rings is 1. The Labute approximate surface area is 132 Å². The molecule has 22 heavy (non-hydrogen) atoms. The normalized spacial score (nSPS) is 29.3. The van der Waals surface area contributed by atoms with E-state index in [2.05, 4.69) is 19.1 Å². The summed E-state index contributed by atoms with van der Waals surface area (Å²) >= 11 is 0. The van der Waals surface area contributed by atoms with Crippen molar-refractivity contribution < 1.29 is 19.0 Å². The second kappa shape index (κ2) is 7.75. The number of aryl methyl sites for hydroxylation is 1. The van der Waals surface area contributed by atoms with Gasteiger partial charge < -0.3 is 14.2 Å². The van der Waals surface area contributed by atoms with Gasteiger partial charge in [-0.25, -0.2) is 0 Å². The maximum atomic E-state index is 11.9. The molecule has 1 aromatic rings. The standard InChI is InChI=1S/C18H26O4/c1-12(17(19)20-3)16-13(2)18(21-4)22-15(16)11-10-14-8-6-5-7-9-14/h5-9,12-13,15-16,18H,10-11H2,1-4H3/t12-,13+,15+,16-,18+/m0/s1. The molecule has 0 spiro atoms. The number of hydrogen-bond donors (Lipinski definition) is 0. The molecule has 5 atom stereocenters. The zero-order valence-corrected chi connectivity index (χ0v) is 13.8. The van der Waals surface area contributed by atoms with Crippen LogP contribution in [0, 0.1) is 17.8 Å². The topological polar surface area (TPSA) is 44.8 Å². The molecule has 2 rings (SSSR count). The van der Waals surface area contributed by atoms with Crippen molar-refractivity contribution in [1.82, 2.24) is 0 Å². The van der Waals surface area contributed by atoms with E-state index in [0.717, 1.165) is 12.8 Å². The number of methoxy groups -OCH3 is 2. The Hall–Kier alpha value is -1.39. The van der Waals surface area contributed by atoms with E-state index in [-0.39, 0.29) is 36.1 Å². The zero-order valence-electron chi connectivity index (χ0n) is 13.8. The first-order chi connectivity index (χ1) is 10.6. The van der Waals surface area contributed by atoms with Crippen molar-refractivity contribution in [1.29, 1.82) is 0 Å². The van der Waals surface area contributed by atoms with Gasteiger partial charge in [-0.15, -0.1) is 0 Å². The van der Waals surface area contributed by atoms with Crippen LogP contribution in [0.1, 0.15) is 25.8 Å². The summed E-state index contributed by atoms with van der Waals surface area (Å²) in [6.07, 6.45) is 1.56. The lowest BCUT2D eigenvalue weighted by atomic mass is 9.79. The fraction of sp³-hybridized carbons (Fsp3) is 0.611. The summed E-state index contributed by atoms with van der Waals surface area (Å²) < 4.78 is 16.4. The fourth-order valence-electron chi connectivity index (χ4n) is 3.51. The molecule has 1 aliphatic heterocycles. The van der Waals surface area contributed by atoms with Gasteiger partial charge in [0.1, 0.15) is 0 Å². The first-order valence-electron chi connectivity index (χ1n) is 7.88. The summed E-state index contributed by atoms with van der Waals surface area (Å²) in [5.41, 5.74) is 1.28. The molecular formula is C18H26O4. The monoisotopic (exact) mass is 306 g/mol. The van der Waals surface area contributed by atoms with Crippen LogP contribution < -0.4 is 0 Å². The predicted octanol–water partition coefficient (Wildman–Crippen LogP) is 3.05. The lowest BCUT2D eigenvalue weighted by Gasteiger charge is -2.25. The highest BCUT2D eigenvalue weighted by Crippen LogP contribution is 2.40. The van der Waals surface area contributed by atoms with E-state index < -0.39 is 0 Å². The molecular weight excluding hydrogens is 280 g/mol. The number of rotatable bonds is 6. The van der Waals surface area contributed by atoms with E-state index in [0.29, 0.717) is 0 Å². The van der Waals surface area contributed by atoms with Crippen molar-refractivity contribution in [2.24, 2.45) is 17.8 Å². The van der Waals surface area contributed by atoms with Gasteiger partial charge in [0, 0.05) is 18.9 Å². The van der Waals surface area contributed by atoms with Gasteiger partial charge in [-0.05, 0) is 18.4 Å². The molecule has 1 heterocycles. The smallest absolute Gasteiger partial charge is 0.308 e. The molecule has 0 unspecified atom stereocenters. The molecule has 1 saturated heterocycles. The van der Waals surface area contributed by atoms with Crippen LogP contribution in [0.3, 0.4) is 0 Å². The van der Waals surface area contributed by atoms with Crippen LogP contribution in [-0.2, 0) is 25.4 Å². The Kier molecular flexibility index (Phi) is 5.98. The number of carbonyl (C=O) groups is 1. The van der Waals surface area contributed by atoms with Crippen LogP contribution in [0.15, 0.2) is 30.3 Å². The van der Waals surface area contributed by atoms with Crippen LogP contribution in [0.25, 0.3) is 0 Å². The third-order valence-electron chi connectivity index (χ3n) is 4.72. The molecule has 0 aliphatic carbocycles. The molecule has 0 radical (unpaired) electrons. The van der Waals surface area contributed by atoms with Crippen molar-refractivity contribution in [3.8, 4) is 0 Å². The number of hydrogen-bond acceptors (Lipinski definition) is 4. The summed E-state index contributed by atoms with van der Waals surface area (Å²) in [6.45, 7) is 4.00. The molecule has 0 amide bonds. The summed E-state index contributed by atoms with van der Waals surface area (Å²) in [7, 11) is 3.09. The van der Waals surface area contributed by atoms with Gasteiger partial charge in [0.05, 0.1) is 19.1 Å². The first-order valence-corrected chi connectivity index (χ1v) is 7.88. The van der Waals surface area contributed by atoms with Crippen molar-refractivity contribution in [3.05, 3.63) is 35.9 Å². The molecule has 1 aliphatic rings. The molecule has 1 aromatic carbocycles. The van der Waals surface area contributed by atoms with Gasteiger partial charge in [-0.2, -0.15) is 0 Å². The van der Waals surface area contributed by atoms with Crippen LogP contribution in [0.5, 0.6) is 0 Å².